The van der Waals surface area contributed by atoms with Gasteiger partial charge < -0.3 is 9.47 Å². The molecule has 0 aliphatic heterocycles. The molecule has 8 atom stereocenters. The fourth-order valence-corrected chi connectivity index (χ4v) is 6.08. The van der Waals surface area contributed by atoms with E-state index in [1.54, 1.807) is 0 Å². The van der Waals surface area contributed by atoms with E-state index in [4.69, 9.17) is 9.47 Å². The maximum absolute atomic E-state index is 11.4. The van der Waals surface area contributed by atoms with Crippen LogP contribution in [0.3, 0.4) is 0 Å². The largest absolute Gasteiger partial charge is 0.459 e. The number of ether oxygens (including phenoxy) is 2. The lowest BCUT2D eigenvalue weighted by Gasteiger charge is -2.40. The molecule has 4 rings (SSSR count). The van der Waals surface area contributed by atoms with Gasteiger partial charge in [-0.1, -0.05) is 6.58 Å². The Kier molecular flexibility index (Phi) is 2.57. The predicted octanol–water partition coefficient (Wildman–Crippen LogP) is 2.41. The Morgan fingerprint density at radius 1 is 1.05 bits per heavy atom. The van der Waals surface area contributed by atoms with Gasteiger partial charge in [0.2, 0.25) is 0 Å². The highest BCUT2D eigenvalue weighted by Gasteiger charge is 2.65. The number of rotatable bonds is 3. The normalized spacial score (nSPS) is 53.3. The van der Waals surface area contributed by atoms with Crippen LogP contribution in [0.5, 0.6) is 0 Å². The van der Waals surface area contributed by atoms with Gasteiger partial charge in [0.05, 0.1) is 6.10 Å². The third-order valence-electron chi connectivity index (χ3n) is 6.43. The third-order valence-corrected chi connectivity index (χ3v) is 6.43. The highest BCUT2D eigenvalue weighted by atomic mass is 16.5. The summed E-state index contributed by atoms with van der Waals surface area (Å²) in [5, 5.41) is 0. The van der Waals surface area contributed by atoms with Gasteiger partial charge in [-0.25, -0.2) is 4.79 Å². The molecule has 0 spiro atoms. The number of hydrogen-bond donors (Lipinski definition) is 0. The number of esters is 1. The Labute approximate surface area is 114 Å². The van der Waals surface area contributed by atoms with Crippen LogP contribution < -0.4 is 0 Å². The number of hydrogen-bond acceptors (Lipinski definition) is 3. The zero-order valence-electron chi connectivity index (χ0n) is 11.5. The second-order valence-corrected chi connectivity index (χ2v) is 6.90. The summed E-state index contributed by atoms with van der Waals surface area (Å²) in [6.07, 6.45) is 6.89. The van der Waals surface area contributed by atoms with E-state index in [1.165, 1.54) is 25.3 Å². The van der Waals surface area contributed by atoms with Gasteiger partial charge in [0, 0.05) is 13.2 Å². The summed E-state index contributed by atoms with van der Waals surface area (Å²) >= 11 is 0. The number of carbonyl (C=O) groups excluding carboxylic acids is 1. The average Bonchev–Trinajstić information content (AvgIpc) is 3.14. The smallest absolute Gasteiger partial charge is 0.330 e. The molecule has 3 heteroatoms. The van der Waals surface area contributed by atoms with Crippen LogP contribution in [0.2, 0.25) is 0 Å². The molecule has 0 heterocycles. The van der Waals surface area contributed by atoms with Crippen molar-refractivity contribution in [3.63, 3.8) is 0 Å². The first-order chi connectivity index (χ1) is 9.22. The summed E-state index contributed by atoms with van der Waals surface area (Å²) in [4.78, 5) is 11.4. The maximum Gasteiger partial charge on any atom is 0.330 e. The third kappa shape index (κ3) is 1.51. The minimum Gasteiger partial charge on any atom is -0.459 e. The van der Waals surface area contributed by atoms with Crippen LogP contribution in [0.25, 0.3) is 0 Å². The molecule has 0 radical (unpaired) electrons. The standard InChI is InChI=1S/C16H22O3/c1-3-14(17)19-13-7-9-5-11(13)16-8-4-10(15(9)16)12(6-8)18-2/h3,8-13,15-16H,1,4-7H2,2H3. The Bertz CT molecular complexity index is 418. The van der Waals surface area contributed by atoms with Crippen molar-refractivity contribution in [2.75, 3.05) is 7.11 Å². The van der Waals surface area contributed by atoms with Gasteiger partial charge in [-0.05, 0) is 61.2 Å². The molecular formula is C16H22O3. The lowest BCUT2D eigenvalue weighted by molar-refractivity contribution is -0.148. The molecule has 4 bridgehead atoms. The van der Waals surface area contributed by atoms with Crippen LogP contribution in [0, 0.1) is 35.5 Å². The number of carbonyl (C=O) groups is 1. The number of methoxy groups -OCH3 is 1. The summed E-state index contributed by atoms with van der Waals surface area (Å²) in [5.74, 6) is 4.40. The summed E-state index contributed by atoms with van der Waals surface area (Å²) < 4.78 is 11.2. The van der Waals surface area contributed by atoms with Gasteiger partial charge in [0.25, 0.3) is 0 Å². The fraction of sp³-hybridized carbons (Fsp3) is 0.812. The van der Waals surface area contributed by atoms with Crippen molar-refractivity contribution >= 4 is 5.97 Å². The van der Waals surface area contributed by atoms with Crippen molar-refractivity contribution in [1.82, 2.24) is 0 Å². The van der Waals surface area contributed by atoms with Crippen LogP contribution in [0.1, 0.15) is 25.7 Å². The van der Waals surface area contributed by atoms with Crippen LogP contribution in [0.4, 0.5) is 0 Å². The highest BCUT2D eigenvalue weighted by molar-refractivity contribution is 5.81. The van der Waals surface area contributed by atoms with E-state index in [0.717, 1.165) is 36.0 Å². The molecule has 0 aromatic carbocycles. The van der Waals surface area contributed by atoms with Crippen molar-refractivity contribution in [3.05, 3.63) is 12.7 Å². The molecule has 0 saturated heterocycles. The van der Waals surface area contributed by atoms with E-state index in [0.29, 0.717) is 12.0 Å². The molecule has 0 N–H and O–H groups in total. The van der Waals surface area contributed by atoms with Gasteiger partial charge >= 0.3 is 5.97 Å². The molecule has 4 saturated carbocycles. The van der Waals surface area contributed by atoms with Gasteiger partial charge in [-0.3, -0.25) is 0 Å². The molecule has 19 heavy (non-hydrogen) atoms. The second-order valence-electron chi connectivity index (χ2n) is 6.90. The maximum atomic E-state index is 11.4. The fourth-order valence-electron chi connectivity index (χ4n) is 6.08. The van der Waals surface area contributed by atoms with E-state index in [9.17, 15) is 4.79 Å². The minimum absolute atomic E-state index is 0.164. The topological polar surface area (TPSA) is 35.5 Å². The Morgan fingerprint density at radius 3 is 2.21 bits per heavy atom. The molecule has 4 aliphatic carbocycles. The molecular weight excluding hydrogens is 240 g/mol. The number of fused-ring (bicyclic) bond motifs is 9. The summed E-state index contributed by atoms with van der Waals surface area (Å²) in [5.41, 5.74) is 0. The lowest BCUT2D eigenvalue weighted by atomic mass is 9.69. The zero-order valence-corrected chi connectivity index (χ0v) is 11.5. The second kappa shape index (κ2) is 4.08. The minimum atomic E-state index is -0.243. The van der Waals surface area contributed by atoms with Crippen molar-refractivity contribution in [3.8, 4) is 0 Å². The van der Waals surface area contributed by atoms with Crippen molar-refractivity contribution in [1.29, 1.82) is 0 Å². The molecule has 8 unspecified atom stereocenters. The van der Waals surface area contributed by atoms with Crippen LogP contribution in [-0.2, 0) is 14.3 Å². The quantitative estimate of drug-likeness (QED) is 0.445. The highest BCUT2D eigenvalue weighted by Crippen LogP contribution is 2.68. The average molecular weight is 262 g/mol. The zero-order chi connectivity index (χ0) is 13.1. The first-order valence-corrected chi connectivity index (χ1v) is 7.58. The molecule has 0 aromatic heterocycles. The summed E-state index contributed by atoms with van der Waals surface area (Å²) in [7, 11) is 1.86. The van der Waals surface area contributed by atoms with Gasteiger partial charge in [0.1, 0.15) is 6.10 Å². The Hall–Kier alpha value is -0.830. The Morgan fingerprint density at radius 2 is 1.63 bits per heavy atom. The van der Waals surface area contributed by atoms with Crippen LogP contribution in [0.15, 0.2) is 12.7 Å². The van der Waals surface area contributed by atoms with Gasteiger partial charge in [-0.15, -0.1) is 0 Å². The van der Waals surface area contributed by atoms with Crippen molar-refractivity contribution in [2.45, 2.75) is 37.9 Å². The van der Waals surface area contributed by atoms with Crippen LogP contribution in [-0.4, -0.2) is 25.3 Å². The molecule has 4 fully saturated rings. The monoisotopic (exact) mass is 262 g/mol. The van der Waals surface area contributed by atoms with E-state index >= 15 is 0 Å². The molecule has 4 aliphatic rings. The summed E-state index contributed by atoms with van der Waals surface area (Å²) in [6.45, 7) is 3.50. The van der Waals surface area contributed by atoms with E-state index < -0.39 is 0 Å². The van der Waals surface area contributed by atoms with Gasteiger partial charge in [0.15, 0.2) is 0 Å². The first kappa shape index (κ1) is 12.0. The van der Waals surface area contributed by atoms with Crippen molar-refractivity contribution in [2.24, 2.45) is 35.5 Å². The van der Waals surface area contributed by atoms with E-state index in [2.05, 4.69) is 6.58 Å². The molecule has 0 amide bonds. The van der Waals surface area contributed by atoms with Crippen LogP contribution >= 0.6 is 0 Å². The van der Waals surface area contributed by atoms with Gasteiger partial charge in [-0.2, -0.15) is 0 Å². The molecule has 104 valence electrons. The lowest BCUT2D eigenvalue weighted by Crippen LogP contribution is -2.41. The Balaban J connectivity index is 1.52. The summed E-state index contributed by atoms with van der Waals surface area (Å²) in [6, 6.07) is 0. The van der Waals surface area contributed by atoms with Crippen molar-refractivity contribution < 1.29 is 14.3 Å². The molecule has 0 aromatic rings. The molecule has 3 nitrogen and oxygen atoms in total. The van der Waals surface area contributed by atoms with E-state index in [-0.39, 0.29) is 12.1 Å². The predicted molar refractivity (Wildman–Crippen MR) is 70.3 cm³/mol. The SMILES string of the molecule is C=CC(=O)OC1CC2CC1C1C3CC(OC)C(C3)C21. The van der Waals surface area contributed by atoms with E-state index in [1.807, 2.05) is 7.11 Å². The first-order valence-electron chi connectivity index (χ1n) is 7.58.